The molecule has 0 saturated carbocycles. The van der Waals surface area contributed by atoms with Gasteiger partial charge in [0.1, 0.15) is 5.82 Å². The van der Waals surface area contributed by atoms with Crippen molar-refractivity contribution in [1.29, 1.82) is 0 Å². The Kier molecular flexibility index (Phi) is 7.10. The second-order valence-electron chi connectivity index (χ2n) is 6.87. The lowest BCUT2D eigenvalue weighted by atomic mass is 10.2. The summed E-state index contributed by atoms with van der Waals surface area (Å²) in [6, 6.07) is 10.3. The van der Waals surface area contributed by atoms with Crippen molar-refractivity contribution in [3.63, 3.8) is 0 Å². The molecule has 2 N–H and O–H groups in total. The topological polar surface area (TPSA) is 78.5 Å². The molecule has 2 aromatic carbocycles. The first-order valence-corrected chi connectivity index (χ1v) is 11.3. The molecule has 3 rings (SSSR count). The lowest BCUT2D eigenvalue weighted by Gasteiger charge is -2.20. The standard InChI is InChI=1S/C20H23ClFN3O3S/c21-15-5-10-19(18(22)13-15)24-20(26)14-23-16-6-8-17(9-7-16)29(27,28)25-11-3-1-2-4-12-25/h5-10,13,23H,1-4,11-12,14H2,(H,24,26). The van der Waals surface area contributed by atoms with Crippen molar-refractivity contribution in [2.45, 2.75) is 30.6 Å². The van der Waals surface area contributed by atoms with E-state index < -0.39 is 21.7 Å². The molecular weight excluding hydrogens is 417 g/mol. The Hall–Kier alpha value is -2.16. The maximum atomic E-state index is 13.7. The third-order valence-corrected chi connectivity index (χ3v) is 6.86. The van der Waals surface area contributed by atoms with Gasteiger partial charge in [-0.05, 0) is 55.3 Å². The second-order valence-corrected chi connectivity index (χ2v) is 9.24. The summed E-state index contributed by atoms with van der Waals surface area (Å²) in [5, 5.41) is 5.59. The van der Waals surface area contributed by atoms with E-state index in [1.54, 1.807) is 12.1 Å². The average molecular weight is 440 g/mol. The number of amides is 1. The van der Waals surface area contributed by atoms with Gasteiger partial charge in [0, 0.05) is 23.8 Å². The molecule has 0 radical (unpaired) electrons. The molecule has 0 aromatic heterocycles. The van der Waals surface area contributed by atoms with Crippen LogP contribution in [-0.2, 0) is 14.8 Å². The number of carbonyl (C=O) groups is 1. The smallest absolute Gasteiger partial charge is 0.243 e. The van der Waals surface area contributed by atoms with Crippen molar-refractivity contribution in [1.82, 2.24) is 4.31 Å². The highest BCUT2D eigenvalue weighted by atomic mass is 35.5. The largest absolute Gasteiger partial charge is 0.376 e. The van der Waals surface area contributed by atoms with Gasteiger partial charge in [-0.2, -0.15) is 4.31 Å². The molecule has 2 aromatic rings. The molecule has 1 heterocycles. The molecule has 6 nitrogen and oxygen atoms in total. The van der Waals surface area contributed by atoms with Crippen LogP contribution >= 0.6 is 11.6 Å². The molecule has 9 heteroatoms. The summed E-state index contributed by atoms with van der Waals surface area (Å²) in [5.74, 6) is -1.05. The number of nitrogens with zero attached hydrogens (tertiary/aromatic N) is 1. The SMILES string of the molecule is O=C(CNc1ccc(S(=O)(=O)N2CCCCCC2)cc1)Nc1ccc(Cl)cc1F. The van der Waals surface area contributed by atoms with Gasteiger partial charge in [0.25, 0.3) is 0 Å². The van der Waals surface area contributed by atoms with Crippen LogP contribution < -0.4 is 10.6 Å². The third-order valence-electron chi connectivity index (χ3n) is 4.72. The molecule has 0 spiro atoms. The Morgan fingerprint density at radius 2 is 1.69 bits per heavy atom. The van der Waals surface area contributed by atoms with Gasteiger partial charge in [-0.15, -0.1) is 0 Å². The Labute approximate surface area is 175 Å². The molecule has 0 atom stereocenters. The van der Waals surface area contributed by atoms with Crippen molar-refractivity contribution in [3.8, 4) is 0 Å². The fourth-order valence-corrected chi connectivity index (χ4v) is 4.82. The van der Waals surface area contributed by atoms with Crippen LogP contribution in [0.25, 0.3) is 0 Å². The quantitative estimate of drug-likeness (QED) is 0.710. The molecule has 1 amide bonds. The van der Waals surface area contributed by atoms with E-state index in [0.29, 0.717) is 18.8 Å². The van der Waals surface area contributed by atoms with Gasteiger partial charge in [-0.1, -0.05) is 24.4 Å². The van der Waals surface area contributed by atoms with E-state index in [2.05, 4.69) is 10.6 Å². The monoisotopic (exact) mass is 439 g/mol. The number of hydrogen-bond acceptors (Lipinski definition) is 4. The van der Waals surface area contributed by atoms with Crippen molar-refractivity contribution in [2.24, 2.45) is 0 Å². The number of halogens is 2. The highest BCUT2D eigenvalue weighted by Crippen LogP contribution is 2.22. The van der Waals surface area contributed by atoms with Gasteiger partial charge in [-0.25, -0.2) is 12.8 Å². The van der Waals surface area contributed by atoms with Crippen LogP contribution in [0.2, 0.25) is 5.02 Å². The van der Waals surface area contributed by atoms with Crippen molar-refractivity contribution < 1.29 is 17.6 Å². The minimum atomic E-state index is -3.51. The number of sulfonamides is 1. The minimum Gasteiger partial charge on any atom is -0.376 e. The zero-order valence-corrected chi connectivity index (χ0v) is 17.4. The van der Waals surface area contributed by atoms with Crippen molar-refractivity contribution >= 4 is 38.9 Å². The summed E-state index contributed by atoms with van der Waals surface area (Å²) in [5.41, 5.74) is 0.631. The molecule has 1 aliphatic heterocycles. The van der Waals surface area contributed by atoms with Crippen LogP contribution in [0.15, 0.2) is 47.4 Å². The van der Waals surface area contributed by atoms with Gasteiger partial charge < -0.3 is 10.6 Å². The predicted molar refractivity (Wildman–Crippen MR) is 112 cm³/mol. The lowest BCUT2D eigenvalue weighted by molar-refractivity contribution is -0.114. The van der Waals surface area contributed by atoms with Crippen LogP contribution in [0.4, 0.5) is 15.8 Å². The number of carbonyl (C=O) groups excluding carboxylic acids is 1. The van der Waals surface area contributed by atoms with Gasteiger partial charge in [0.05, 0.1) is 17.1 Å². The Bertz CT molecular complexity index is 959. The minimum absolute atomic E-state index is 0.0418. The van der Waals surface area contributed by atoms with Crippen molar-refractivity contribution in [2.75, 3.05) is 30.3 Å². The summed E-state index contributed by atoms with van der Waals surface area (Å²) in [6.45, 7) is 0.994. The fourth-order valence-electron chi connectivity index (χ4n) is 3.14. The zero-order chi connectivity index (χ0) is 20.9. The molecule has 0 aliphatic carbocycles. The molecule has 29 heavy (non-hydrogen) atoms. The number of hydrogen-bond donors (Lipinski definition) is 2. The summed E-state index contributed by atoms with van der Waals surface area (Å²) in [6.07, 6.45) is 3.86. The zero-order valence-electron chi connectivity index (χ0n) is 15.8. The average Bonchev–Trinajstić information content (AvgIpc) is 2.99. The van der Waals surface area contributed by atoms with Gasteiger partial charge in [0.2, 0.25) is 15.9 Å². The summed E-state index contributed by atoms with van der Waals surface area (Å²) < 4.78 is 40.8. The first kappa shape index (κ1) is 21.5. The van der Waals surface area contributed by atoms with E-state index in [0.717, 1.165) is 31.7 Å². The first-order chi connectivity index (χ1) is 13.9. The summed E-state index contributed by atoms with van der Waals surface area (Å²) in [4.78, 5) is 12.2. The van der Waals surface area contributed by atoms with E-state index in [-0.39, 0.29) is 22.2 Å². The van der Waals surface area contributed by atoms with E-state index in [1.807, 2.05) is 0 Å². The molecule has 1 saturated heterocycles. The van der Waals surface area contributed by atoms with Crippen LogP contribution in [0.3, 0.4) is 0 Å². The summed E-state index contributed by atoms with van der Waals surface area (Å²) >= 11 is 5.69. The Morgan fingerprint density at radius 3 is 2.31 bits per heavy atom. The fraction of sp³-hybridized carbons (Fsp3) is 0.350. The molecular formula is C20H23ClFN3O3S. The van der Waals surface area contributed by atoms with Crippen molar-refractivity contribution in [3.05, 3.63) is 53.3 Å². The van der Waals surface area contributed by atoms with E-state index >= 15 is 0 Å². The highest BCUT2D eigenvalue weighted by molar-refractivity contribution is 7.89. The number of rotatable bonds is 6. The maximum Gasteiger partial charge on any atom is 0.243 e. The maximum absolute atomic E-state index is 13.7. The molecule has 1 fully saturated rings. The molecule has 0 bridgehead atoms. The van der Waals surface area contributed by atoms with E-state index in [9.17, 15) is 17.6 Å². The highest BCUT2D eigenvalue weighted by Gasteiger charge is 2.24. The number of anilines is 2. The normalized spacial score (nSPS) is 15.5. The Morgan fingerprint density at radius 1 is 1.03 bits per heavy atom. The molecule has 0 unspecified atom stereocenters. The number of benzene rings is 2. The predicted octanol–water partition coefficient (Wildman–Crippen LogP) is 4.09. The summed E-state index contributed by atoms with van der Waals surface area (Å²) in [7, 11) is -3.51. The van der Waals surface area contributed by atoms with Gasteiger partial charge in [-0.3, -0.25) is 4.79 Å². The second kappa shape index (κ2) is 9.56. The van der Waals surface area contributed by atoms with Gasteiger partial charge in [0.15, 0.2) is 0 Å². The van der Waals surface area contributed by atoms with Crippen LogP contribution in [0.1, 0.15) is 25.7 Å². The van der Waals surface area contributed by atoms with E-state index in [4.69, 9.17) is 11.6 Å². The molecule has 1 aliphatic rings. The van der Waals surface area contributed by atoms with Crippen LogP contribution in [0.5, 0.6) is 0 Å². The number of nitrogens with one attached hydrogen (secondary N) is 2. The van der Waals surface area contributed by atoms with Crippen LogP contribution in [-0.4, -0.2) is 38.3 Å². The lowest BCUT2D eigenvalue weighted by Crippen LogP contribution is -2.31. The first-order valence-electron chi connectivity index (χ1n) is 9.45. The van der Waals surface area contributed by atoms with Crippen LogP contribution in [0, 0.1) is 5.82 Å². The van der Waals surface area contributed by atoms with Gasteiger partial charge >= 0.3 is 0 Å². The Balaban J connectivity index is 1.58. The third kappa shape index (κ3) is 5.68. The van der Waals surface area contributed by atoms with E-state index in [1.165, 1.54) is 28.6 Å². The molecule has 156 valence electrons.